The highest BCUT2D eigenvalue weighted by molar-refractivity contribution is 7.26. The molecule has 0 spiro atoms. The fourth-order valence-corrected chi connectivity index (χ4v) is 6.99. The molecule has 8 rings (SSSR count). The van der Waals surface area contributed by atoms with E-state index in [0.29, 0.717) is 0 Å². The number of hydrogen-bond donors (Lipinski definition) is 0. The van der Waals surface area contributed by atoms with Crippen molar-refractivity contribution in [3.05, 3.63) is 146 Å². The van der Waals surface area contributed by atoms with Crippen molar-refractivity contribution in [1.29, 1.82) is 0 Å². The third-order valence-corrected chi connectivity index (χ3v) is 8.78. The molecule has 0 aliphatic carbocycles. The van der Waals surface area contributed by atoms with Gasteiger partial charge < -0.3 is 4.57 Å². The van der Waals surface area contributed by atoms with Crippen LogP contribution in [0.15, 0.2) is 146 Å². The molecule has 2 nitrogen and oxygen atoms in total. The van der Waals surface area contributed by atoms with Gasteiger partial charge in [-0.25, -0.2) is 4.98 Å². The SMILES string of the molecule is c1ccc(-c2cc(-c3ccccc3)nc(-c3cccc4c5sc6ccccc6c5n(-c5ccccc5)c34)c2)cc1. The van der Waals surface area contributed by atoms with Crippen molar-refractivity contribution in [3.63, 3.8) is 0 Å². The van der Waals surface area contributed by atoms with Crippen LogP contribution in [0.4, 0.5) is 0 Å². The monoisotopic (exact) mass is 528 g/mol. The van der Waals surface area contributed by atoms with E-state index in [4.69, 9.17) is 4.98 Å². The molecule has 3 heterocycles. The molecular weight excluding hydrogens is 504 g/mol. The topological polar surface area (TPSA) is 17.8 Å². The van der Waals surface area contributed by atoms with Crippen molar-refractivity contribution < 1.29 is 0 Å². The Labute approximate surface area is 236 Å². The summed E-state index contributed by atoms with van der Waals surface area (Å²) in [5.41, 5.74) is 10.1. The summed E-state index contributed by atoms with van der Waals surface area (Å²) in [5.74, 6) is 0. The molecule has 0 unspecified atom stereocenters. The number of para-hydroxylation sites is 2. The van der Waals surface area contributed by atoms with Gasteiger partial charge in [0.1, 0.15) is 0 Å². The second-order valence-corrected chi connectivity index (χ2v) is 11.1. The van der Waals surface area contributed by atoms with E-state index < -0.39 is 0 Å². The van der Waals surface area contributed by atoms with Gasteiger partial charge in [0.25, 0.3) is 0 Å². The van der Waals surface area contributed by atoms with Crippen molar-refractivity contribution in [1.82, 2.24) is 9.55 Å². The van der Waals surface area contributed by atoms with Gasteiger partial charge in [-0.3, -0.25) is 0 Å². The van der Waals surface area contributed by atoms with Gasteiger partial charge in [0.2, 0.25) is 0 Å². The van der Waals surface area contributed by atoms with Crippen LogP contribution < -0.4 is 0 Å². The average molecular weight is 529 g/mol. The highest BCUT2D eigenvalue weighted by Gasteiger charge is 2.21. The molecule has 0 atom stereocenters. The maximum absolute atomic E-state index is 5.29. The first-order chi connectivity index (χ1) is 19.8. The first-order valence-corrected chi connectivity index (χ1v) is 14.3. The van der Waals surface area contributed by atoms with E-state index in [2.05, 4.69) is 150 Å². The molecule has 0 fully saturated rings. The van der Waals surface area contributed by atoms with Crippen LogP contribution in [0, 0.1) is 0 Å². The Kier molecular flexibility index (Phi) is 5.35. The van der Waals surface area contributed by atoms with E-state index >= 15 is 0 Å². The molecule has 8 aromatic rings. The van der Waals surface area contributed by atoms with Crippen LogP contribution in [0.2, 0.25) is 0 Å². The van der Waals surface area contributed by atoms with E-state index in [0.717, 1.165) is 33.8 Å². The summed E-state index contributed by atoms with van der Waals surface area (Å²) in [6, 6.07) is 51.6. The van der Waals surface area contributed by atoms with E-state index in [1.807, 2.05) is 11.3 Å². The Morgan fingerprint density at radius 1 is 0.475 bits per heavy atom. The van der Waals surface area contributed by atoms with Crippen LogP contribution in [0.1, 0.15) is 0 Å². The van der Waals surface area contributed by atoms with Gasteiger partial charge in [0.05, 0.1) is 27.1 Å². The van der Waals surface area contributed by atoms with Gasteiger partial charge in [-0.2, -0.15) is 0 Å². The molecule has 3 aromatic heterocycles. The third-order valence-electron chi connectivity index (χ3n) is 7.59. The number of nitrogens with zero attached hydrogens (tertiary/aromatic N) is 2. The van der Waals surface area contributed by atoms with Gasteiger partial charge in [-0.1, -0.05) is 115 Å². The minimum Gasteiger partial charge on any atom is -0.307 e. The summed E-state index contributed by atoms with van der Waals surface area (Å²) >= 11 is 1.87. The molecule has 0 aliphatic rings. The van der Waals surface area contributed by atoms with Crippen LogP contribution >= 0.6 is 11.3 Å². The number of hydrogen-bond acceptors (Lipinski definition) is 2. The standard InChI is InChI=1S/C37H24N2S/c1-4-13-25(14-5-1)27-23-32(26-15-6-2-7-16-26)38-33(24-27)29-20-12-21-31-35(29)39(28-17-8-3-9-18-28)36-30-19-10-11-22-34(30)40-37(31)36/h1-24H. The molecule has 0 radical (unpaired) electrons. The van der Waals surface area contributed by atoms with Crippen molar-refractivity contribution in [2.24, 2.45) is 0 Å². The molecule has 0 amide bonds. The van der Waals surface area contributed by atoms with Crippen LogP contribution in [0.25, 0.3) is 70.5 Å². The maximum atomic E-state index is 5.29. The van der Waals surface area contributed by atoms with Crippen molar-refractivity contribution in [2.45, 2.75) is 0 Å². The Morgan fingerprint density at radius 3 is 1.88 bits per heavy atom. The molecule has 0 saturated carbocycles. The highest BCUT2D eigenvalue weighted by Crippen LogP contribution is 2.45. The highest BCUT2D eigenvalue weighted by atomic mass is 32.1. The summed E-state index contributed by atoms with van der Waals surface area (Å²) in [7, 11) is 0. The van der Waals surface area contributed by atoms with Crippen LogP contribution in [0.3, 0.4) is 0 Å². The van der Waals surface area contributed by atoms with Crippen LogP contribution in [-0.4, -0.2) is 9.55 Å². The number of rotatable bonds is 4. The lowest BCUT2D eigenvalue weighted by Crippen LogP contribution is -1.97. The normalized spacial score (nSPS) is 11.5. The molecule has 0 aliphatic heterocycles. The van der Waals surface area contributed by atoms with Crippen molar-refractivity contribution in [2.75, 3.05) is 0 Å². The summed E-state index contributed by atoms with van der Waals surface area (Å²) in [5, 5.41) is 2.54. The van der Waals surface area contributed by atoms with E-state index in [1.54, 1.807) is 0 Å². The fraction of sp³-hybridized carbons (Fsp3) is 0. The number of aromatic nitrogens is 2. The quantitative estimate of drug-likeness (QED) is 0.222. The average Bonchev–Trinajstić information content (AvgIpc) is 3.57. The minimum absolute atomic E-state index is 0.970. The Balaban J connectivity index is 1.49. The number of thiophene rings is 1. The van der Waals surface area contributed by atoms with Crippen molar-refractivity contribution in [3.8, 4) is 39.3 Å². The fourth-order valence-electron chi connectivity index (χ4n) is 5.78. The maximum Gasteiger partial charge on any atom is 0.0737 e. The zero-order chi connectivity index (χ0) is 26.5. The molecule has 0 N–H and O–H groups in total. The second kappa shape index (κ2) is 9.33. The molecule has 188 valence electrons. The van der Waals surface area contributed by atoms with Crippen LogP contribution in [-0.2, 0) is 0 Å². The molecule has 3 heteroatoms. The molecule has 40 heavy (non-hydrogen) atoms. The second-order valence-electron chi connectivity index (χ2n) is 10.0. The molecular formula is C37H24N2S. The van der Waals surface area contributed by atoms with Gasteiger partial charge in [-0.15, -0.1) is 11.3 Å². The minimum atomic E-state index is 0.970. The lowest BCUT2D eigenvalue weighted by Gasteiger charge is -2.14. The summed E-state index contributed by atoms with van der Waals surface area (Å²) in [6.45, 7) is 0. The Bertz CT molecular complexity index is 2080. The predicted molar refractivity (Wildman–Crippen MR) is 170 cm³/mol. The van der Waals surface area contributed by atoms with E-state index in [1.165, 1.54) is 36.8 Å². The number of benzene rings is 5. The lowest BCUT2D eigenvalue weighted by atomic mass is 9.99. The van der Waals surface area contributed by atoms with Gasteiger partial charge in [-0.05, 0) is 41.5 Å². The molecule has 0 bridgehead atoms. The van der Waals surface area contributed by atoms with Gasteiger partial charge in [0, 0.05) is 32.3 Å². The van der Waals surface area contributed by atoms with E-state index in [-0.39, 0.29) is 0 Å². The Hall–Kier alpha value is -4.99. The van der Waals surface area contributed by atoms with Crippen LogP contribution in [0.5, 0.6) is 0 Å². The molecule has 5 aromatic carbocycles. The molecule has 0 saturated heterocycles. The Morgan fingerprint density at radius 2 is 1.10 bits per heavy atom. The third kappa shape index (κ3) is 3.67. The summed E-state index contributed by atoms with van der Waals surface area (Å²) < 4.78 is 5.06. The first-order valence-electron chi connectivity index (χ1n) is 13.5. The lowest BCUT2D eigenvalue weighted by molar-refractivity contribution is 1.18. The number of fused-ring (bicyclic) bond motifs is 5. The summed E-state index contributed by atoms with van der Waals surface area (Å²) in [6.07, 6.45) is 0. The summed E-state index contributed by atoms with van der Waals surface area (Å²) in [4.78, 5) is 5.29. The zero-order valence-electron chi connectivity index (χ0n) is 21.7. The van der Waals surface area contributed by atoms with E-state index in [9.17, 15) is 0 Å². The van der Waals surface area contributed by atoms with Gasteiger partial charge >= 0.3 is 0 Å². The predicted octanol–water partition coefficient (Wildman–Crippen LogP) is 10.4. The van der Waals surface area contributed by atoms with Crippen molar-refractivity contribution >= 4 is 42.5 Å². The number of pyridine rings is 1. The zero-order valence-corrected chi connectivity index (χ0v) is 22.5. The smallest absolute Gasteiger partial charge is 0.0737 e. The van der Waals surface area contributed by atoms with Gasteiger partial charge in [0.15, 0.2) is 0 Å². The largest absolute Gasteiger partial charge is 0.307 e. The first kappa shape index (κ1) is 22.9.